The molecule has 0 bridgehead atoms. The number of amides is 1. The SMILES string of the molecule is Cc1c(Cl)cccc1C(=O)Nc1c(N)cccc1Cl. The molecule has 0 aromatic heterocycles. The molecule has 0 heterocycles. The van der Waals surface area contributed by atoms with Gasteiger partial charge in [-0.2, -0.15) is 0 Å². The highest BCUT2D eigenvalue weighted by molar-refractivity contribution is 6.35. The lowest BCUT2D eigenvalue weighted by Crippen LogP contribution is -2.15. The number of nitrogens with one attached hydrogen (secondary N) is 1. The first-order valence-electron chi connectivity index (χ1n) is 5.61. The third kappa shape index (κ3) is 2.83. The molecule has 0 radical (unpaired) electrons. The number of hydrogen-bond donors (Lipinski definition) is 2. The van der Waals surface area contributed by atoms with E-state index in [1.165, 1.54) is 0 Å². The molecule has 0 aliphatic carbocycles. The Labute approximate surface area is 121 Å². The van der Waals surface area contributed by atoms with E-state index in [9.17, 15) is 4.79 Å². The van der Waals surface area contributed by atoms with Crippen LogP contribution in [0.1, 0.15) is 15.9 Å². The number of anilines is 2. The molecule has 1 amide bonds. The van der Waals surface area contributed by atoms with Gasteiger partial charge < -0.3 is 11.1 Å². The fraction of sp³-hybridized carbons (Fsp3) is 0.0714. The predicted molar refractivity (Wildman–Crippen MR) is 80.0 cm³/mol. The maximum Gasteiger partial charge on any atom is 0.256 e. The summed E-state index contributed by atoms with van der Waals surface area (Å²) in [5, 5.41) is 3.65. The Morgan fingerprint density at radius 1 is 1.11 bits per heavy atom. The van der Waals surface area contributed by atoms with Crippen LogP contribution in [0.2, 0.25) is 10.0 Å². The molecule has 3 nitrogen and oxygen atoms in total. The molecule has 0 saturated heterocycles. The van der Waals surface area contributed by atoms with E-state index in [4.69, 9.17) is 28.9 Å². The Balaban J connectivity index is 2.34. The molecule has 3 N–H and O–H groups in total. The highest BCUT2D eigenvalue weighted by atomic mass is 35.5. The fourth-order valence-electron chi connectivity index (χ4n) is 1.71. The van der Waals surface area contributed by atoms with Gasteiger partial charge in [0.05, 0.1) is 16.4 Å². The quantitative estimate of drug-likeness (QED) is 0.818. The van der Waals surface area contributed by atoms with Crippen molar-refractivity contribution in [2.75, 3.05) is 11.1 Å². The van der Waals surface area contributed by atoms with Crippen LogP contribution in [0.3, 0.4) is 0 Å². The Kier molecular flexibility index (Phi) is 3.98. The molecule has 0 spiro atoms. The Bertz CT molecular complexity index is 621. The van der Waals surface area contributed by atoms with Crippen molar-refractivity contribution in [2.24, 2.45) is 0 Å². The number of nitrogens with two attached hydrogens (primary N) is 1. The Hall–Kier alpha value is -1.71. The molecule has 2 aromatic carbocycles. The first-order chi connectivity index (χ1) is 9.00. The fourth-order valence-corrected chi connectivity index (χ4v) is 2.11. The van der Waals surface area contributed by atoms with Gasteiger partial charge >= 0.3 is 0 Å². The zero-order chi connectivity index (χ0) is 14.0. The zero-order valence-electron chi connectivity index (χ0n) is 10.2. The minimum absolute atomic E-state index is 0.292. The summed E-state index contributed by atoms with van der Waals surface area (Å²) in [4.78, 5) is 12.2. The number of hydrogen-bond acceptors (Lipinski definition) is 2. The van der Waals surface area contributed by atoms with Crippen molar-refractivity contribution >= 4 is 40.5 Å². The summed E-state index contributed by atoms with van der Waals surface area (Å²) in [5.41, 5.74) is 7.83. The van der Waals surface area contributed by atoms with Crippen LogP contribution in [-0.4, -0.2) is 5.91 Å². The third-order valence-electron chi connectivity index (χ3n) is 2.80. The summed E-state index contributed by atoms with van der Waals surface area (Å²) in [7, 11) is 0. The van der Waals surface area contributed by atoms with Gasteiger partial charge in [0.1, 0.15) is 0 Å². The van der Waals surface area contributed by atoms with Crippen molar-refractivity contribution in [1.29, 1.82) is 0 Å². The lowest BCUT2D eigenvalue weighted by molar-refractivity contribution is 0.102. The van der Waals surface area contributed by atoms with Crippen molar-refractivity contribution in [3.8, 4) is 0 Å². The van der Waals surface area contributed by atoms with Gasteiger partial charge in [-0.25, -0.2) is 0 Å². The summed E-state index contributed by atoms with van der Waals surface area (Å²) < 4.78 is 0. The van der Waals surface area contributed by atoms with E-state index in [2.05, 4.69) is 5.32 Å². The molecule has 98 valence electrons. The average molecular weight is 295 g/mol. The van der Waals surface area contributed by atoms with Crippen molar-refractivity contribution < 1.29 is 4.79 Å². The molecule has 0 aliphatic heterocycles. The summed E-state index contributed by atoms with van der Waals surface area (Å²) in [6.07, 6.45) is 0. The maximum absolute atomic E-state index is 12.2. The largest absolute Gasteiger partial charge is 0.397 e. The topological polar surface area (TPSA) is 55.1 Å². The number of carbonyl (C=O) groups is 1. The minimum Gasteiger partial charge on any atom is -0.397 e. The van der Waals surface area contributed by atoms with Gasteiger partial charge in [-0.15, -0.1) is 0 Å². The zero-order valence-corrected chi connectivity index (χ0v) is 11.7. The molecule has 0 atom stereocenters. The van der Waals surface area contributed by atoms with Crippen molar-refractivity contribution in [3.05, 3.63) is 57.6 Å². The summed E-state index contributed by atoms with van der Waals surface area (Å²) >= 11 is 12.0. The second-order valence-electron chi connectivity index (χ2n) is 4.07. The highest BCUT2D eigenvalue weighted by Gasteiger charge is 2.14. The van der Waals surface area contributed by atoms with E-state index < -0.39 is 0 Å². The number of rotatable bonds is 2. The van der Waals surface area contributed by atoms with Crippen LogP contribution in [0.25, 0.3) is 0 Å². The van der Waals surface area contributed by atoms with Crippen LogP contribution >= 0.6 is 23.2 Å². The van der Waals surface area contributed by atoms with E-state index in [1.54, 1.807) is 43.3 Å². The van der Waals surface area contributed by atoms with E-state index in [0.29, 0.717) is 32.5 Å². The van der Waals surface area contributed by atoms with Crippen LogP contribution in [-0.2, 0) is 0 Å². The van der Waals surface area contributed by atoms with Crippen LogP contribution in [0.5, 0.6) is 0 Å². The lowest BCUT2D eigenvalue weighted by atomic mass is 10.1. The van der Waals surface area contributed by atoms with Crippen LogP contribution in [0.4, 0.5) is 11.4 Å². The van der Waals surface area contributed by atoms with E-state index in [1.807, 2.05) is 0 Å². The van der Waals surface area contributed by atoms with Gasteiger partial charge in [-0.3, -0.25) is 4.79 Å². The van der Waals surface area contributed by atoms with Gasteiger partial charge in [0.2, 0.25) is 0 Å². The lowest BCUT2D eigenvalue weighted by Gasteiger charge is -2.11. The number of nitrogen functional groups attached to an aromatic ring is 1. The second kappa shape index (κ2) is 5.51. The van der Waals surface area contributed by atoms with Crippen LogP contribution in [0.15, 0.2) is 36.4 Å². The van der Waals surface area contributed by atoms with Gasteiger partial charge in [-0.05, 0) is 36.8 Å². The summed E-state index contributed by atoms with van der Waals surface area (Å²) in [6, 6.07) is 10.2. The first-order valence-corrected chi connectivity index (χ1v) is 6.36. The van der Waals surface area contributed by atoms with Crippen LogP contribution in [0, 0.1) is 6.92 Å². The normalized spacial score (nSPS) is 10.3. The molecular weight excluding hydrogens is 283 g/mol. The van der Waals surface area contributed by atoms with Crippen LogP contribution < -0.4 is 11.1 Å². The number of benzene rings is 2. The average Bonchev–Trinajstić information content (AvgIpc) is 2.37. The van der Waals surface area contributed by atoms with Gasteiger partial charge in [0.25, 0.3) is 5.91 Å². The second-order valence-corrected chi connectivity index (χ2v) is 4.88. The number of carbonyl (C=O) groups excluding carboxylic acids is 1. The van der Waals surface area contributed by atoms with E-state index in [-0.39, 0.29) is 5.91 Å². The standard InChI is InChI=1S/C14H12Cl2N2O/c1-8-9(4-2-5-10(8)15)14(19)18-13-11(16)6-3-7-12(13)17/h2-7H,17H2,1H3,(H,18,19). The van der Waals surface area contributed by atoms with E-state index >= 15 is 0 Å². The minimum atomic E-state index is -0.292. The first kappa shape index (κ1) is 13.7. The smallest absolute Gasteiger partial charge is 0.256 e. The molecule has 0 unspecified atom stereocenters. The molecule has 0 fully saturated rings. The predicted octanol–water partition coefficient (Wildman–Crippen LogP) is 4.14. The van der Waals surface area contributed by atoms with E-state index in [0.717, 1.165) is 0 Å². The molecule has 2 rings (SSSR count). The number of para-hydroxylation sites is 1. The molecule has 2 aromatic rings. The van der Waals surface area contributed by atoms with Gasteiger partial charge in [-0.1, -0.05) is 35.3 Å². The molecule has 5 heteroatoms. The van der Waals surface area contributed by atoms with Crippen molar-refractivity contribution in [3.63, 3.8) is 0 Å². The van der Waals surface area contributed by atoms with Crippen molar-refractivity contribution in [2.45, 2.75) is 6.92 Å². The molecule has 0 aliphatic rings. The van der Waals surface area contributed by atoms with Crippen molar-refractivity contribution in [1.82, 2.24) is 0 Å². The monoisotopic (exact) mass is 294 g/mol. The summed E-state index contributed by atoms with van der Waals surface area (Å²) in [6.45, 7) is 1.78. The van der Waals surface area contributed by atoms with Gasteiger partial charge in [0.15, 0.2) is 0 Å². The number of halogens is 2. The molecule has 19 heavy (non-hydrogen) atoms. The highest BCUT2D eigenvalue weighted by Crippen LogP contribution is 2.29. The third-order valence-corrected chi connectivity index (χ3v) is 3.52. The molecule has 0 saturated carbocycles. The molecular formula is C14H12Cl2N2O. The maximum atomic E-state index is 12.2. The Morgan fingerprint density at radius 3 is 2.42 bits per heavy atom. The summed E-state index contributed by atoms with van der Waals surface area (Å²) in [5.74, 6) is -0.292. The van der Waals surface area contributed by atoms with Gasteiger partial charge in [0, 0.05) is 10.6 Å². The Morgan fingerprint density at radius 2 is 1.74 bits per heavy atom.